The minimum Gasteiger partial charge on any atom is -0.326 e. The molecule has 0 unspecified atom stereocenters. The van der Waals surface area contributed by atoms with Crippen LogP contribution >= 0.6 is 0 Å². The van der Waals surface area contributed by atoms with Crippen LogP contribution in [0.2, 0.25) is 0 Å². The van der Waals surface area contributed by atoms with Crippen molar-refractivity contribution in [1.29, 1.82) is 0 Å². The third-order valence-electron chi connectivity index (χ3n) is 3.74. The zero-order valence-corrected chi connectivity index (χ0v) is 10.4. The highest BCUT2D eigenvalue weighted by molar-refractivity contribution is 5.82. The van der Waals surface area contributed by atoms with Gasteiger partial charge in [0, 0.05) is 6.54 Å². The Bertz CT molecular complexity index is 611. The maximum atomic E-state index is 5.72. The molecular formula is C17H17N. The Balaban J connectivity index is 2.15. The van der Waals surface area contributed by atoms with Gasteiger partial charge >= 0.3 is 0 Å². The van der Waals surface area contributed by atoms with Crippen molar-refractivity contribution in [3.8, 4) is 0 Å². The molecule has 0 saturated heterocycles. The van der Waals surface area contributed by atoms with E-state index in [4.69, 9.17) is 5.73 Å². The Morgan fingerprint density at radius 1 is 0.944 bits per heavy atom. The second-order valence-corrected chi connectivity index (χ2v) is 4.83. The molecule has 1 aliphatic rings. The molecule has 90 valence electrons. The molecule has 2 N–H and O–H groups in total. The SMILES string of the molecule is C=C1c2ccccc2CCc2cc(CN)ccc21. The number of aryl methyl sites for hydroxylation is 2. The Labute approximate surface area is 108 Å². The summed E-state index contributed by atoms with van der Waals surface area (Å²) in [7, 11) is 0. The van der Waals surface area contributed by atoms with Gasteiger partial charge in [0.25, 0.3) is 0 Å². The molecule has 0 saturated carbocycles. The van der Waals surface area contributed by atoms with E-state index in [0.29, 0.717) is 6.54 Å². The van der Waals surface area contributed by atoms with Crippen LogP contribution in [0.1, 0.15) is 27.8 Å². The van der Waals surface area contributed by atoms with Crippen molar-refractivity contribution in [2.45, 2.75) is 19.4 Å². The average Bonchev–Trinajstić information content (AvgIpc) is 2.57. The zero-order chi connectivity index (χ0) is 12.5. The van der Waals surface area contributed by atoms with Gasteiger partial charge in [-0.15, -0.1) is 0 Å². The third-order valence-corrected chi connectivity index (χ3v) is 3.74. The van der Waals surface area contributed by atoms with Crippen molar-refractivity contribution < 1.29 is 0 Å². The summed E-state index contributed by atoms with van der Waals surface area (Å²) in [6, 6.07) is 15.1. The van der Waals surface area contributed by atoms with Crippen LogP contribution in [-0.4, -0.2) is 0 Å². The Morgan fingerprint density at radius 3 is 2.50 bits per heavy atom. The predicted octanol–water partition coefficient (Wildman–Crippen LogP) is 3.31. The molecule has 0 spiro atoms. The Kier molecular flexibility index (Phi) is 2.77. The summed E-state index contributed by atoms with van der Waals surface area (Å²) in [4.78, 5) is 0. The van der Waals surface area contributed by atoms with Gasteiger partial charge < -0.3 is 5.73 Å². The predicted molar refractivity (Wildman–Crippen MR) is 76.3 cm³/mol. The number of hydrogen-bond acceptors (Lipinski definition) is 1. The lowest BCUT2D eigenvalue weighted by Crippen LogP contribution is -1.99. The maximum Gasteiger partial charge on any atom is 0.0178 e. The highest BCUT2D eigenvalue weighted by Gasteiger charge is 2.16. The van der Waals surface area contributed by atoms with E-state index in [0.717, 1.165) is 18.4 Å². The number of nitrogens with two attached hydrogens (primary N) is 1. The Morgan fingerprint density at radius 2 is 1.67 bits per heavy atom. The summed E-state index contributed by atoms with van der Waals surface area (Å²) in [5.74, 6) is 0. The highest BCUT2D eigenvalue weighted by atomic mass is 14.5. The molecule has 0 aromatic heterocycles. The van der Waals surface area contributed by atoms with Crippen LogP contribution in [0, 0.1) is 0 Å². The van der Waals surface area contributed by atoms with Crippen molar-refractivity contribution in [3.63, 3.8) is 0 Å². The van der Waals surface area contributed by atoms with E-state index >= 15 is 0 Å². The van der Waals surface area contributed by atoms with Gasteiger partial charge in [0.05, 0.1) is 0 Å². The monoisotopic (exact) mass is 235 g/mol. The van der Waals surface area contributed by atoms with Crippen molar-refractivity contribution in [2.24, 2.45) is 5.73 Å². The molecule has 0 atom stereocenters. The van der Waals surface area contributed by atoms with Crippen LogP contribution in [-0.2, 0) is 19.4 Å². The lowest BCUT2D eigenvalue weighted by Gasteiger charge is -2.10. The van der Waals surface area contributed by atoms with Crippen molar-refractivity contribution in [2.75, 3.05) is 0 Å². The fraction of sp³-hybridized carbons (Fsp3) is 0.176. The van der Waals surface area contributed by atoms with E-state index in [2.05, 4.69) is 49.0 Å². The molecule has 0 fully saturated rings. The van der Waals surface area contributed by atoms with E-state index in [-0.39, 0.29) is 0 Å². The largest absolute Gasteiger partial charge is 0.326 e. The molecule has 0 bridgehead atoms. The molecule has 1 nitrogen and oxygen atoms in total. The fourth-order valence-electron chi connectivity index (χ4n) is 2.72. The molecule has 0 radical (unpaired) electrons. The normalized spacial score (nSPS) is 13.7. The Hall–Kier alpha value is -1.86. The van der Waals surface area contributed by atoms with Crippen LogP contribution in [0.15, 0.2) is 49.0 Å². The molecular weight excluding hydrogens is 218 g/mol. The van der Waals surface area contributed by atoms with Gasteiger partial charge in [0.1, 0.15) is 0 Å². The molecule has 2 aromatic rings. The minimum absolute atomic E-state index is 0.604. The first-order chi connectivity index (χ1) is 8.79. The van der Waals surface area contributed by atoms with Gasteiger partial charge in [-0.2, -0.15) is 0 Å². The zero-order valence-electron chi connectivity index (χ0n) is 10.4. The fourth-order valence-corrected chi connectivity index (χ4v) is 2.72. The van der Waals surface area contributed by atoms with Gasteiger partial charge in [-0.1, -0.05) is 49.0 Å². The lowest BCUT2D eigenvalue weighted by atomic mass is 9.94. The number of fused-ring (bicyclic) bond motifs is 2. The average molecular weight is 235 g/mol. The third kappa shape index (κ3) is 1.77. The second kappa shape index (κ2) is 4.43. The summed E-state index contributed by atoms with van der Waals surface area (Å²) >= 11 is 0. The van der Waals surface area contributed by atoms with E-state index in [1.165, 1.54) is 27.8 Å². The summed E-state index contributed by atoms with van der Waals surface area (Å²) in [5.41, 5.74) is 13.4. The first-order valence-electron chi connectivity index (χ1n) is 6.39. The first kappa shape index (κ1) is 11.2. The van der Waals surface area contributed by atoms with Gasteiger partial charge in [-0.25, -0.2) is 0 Å². The van der Waals surface area contributed by atoms with Crippen molar-refractivity contribution in [1.82, 2.24) is 0 Å². The second-order valence-electron chi connectivity index (χ2n) is 4.83. The summed E-state index contributed by atoms with van der Waals surface area (Å²) in [6.07, 6.45) is 2.15. The van der Waals surface area contributed by atoms with Crippen LogP contribution < -0.4 is 5.73 Å². The number of benzene rings is 2. The van der Waals surface area contributed by atoms with E-state index in [1.807, 2.05) is 0 Å². The first-order valence-corrected chi connectivity index (χ1v) is 6.39. The van der Waals surface area contributed by atoms with Gasteiger partial charge in [-0.05, 0) is 46.2 Å². The number of hydrogen-bond donors (Lipinski definition) is 1. The highest BCUT2D eigenvalue weighted by Crippen LogP contribution is 2.32. The number of rotatable bonds is 1. The van der Waals surface area contributed by atoms with Crippen LogP contribution in [0.5, 0.6) is 0 Å². The molecule has 18 heavy (non-hydrogen) atoms. The molecule has 1 heteroatoms. The standard InChI is InChI=1S/C17H17N/c1-12-16-5-3-2-4-14(16)7-8-15-10-13(11-18)6-9-17(12)15/h2-6,9-10H,1,7-8,11,18H2. The van der Waals surface area contributed by atoms with Crippen molar-refractivity contribution >= 4 is 5.57 Å². The van der Waals surface area contributed by atoms with Crippen LogP contribution in [0.25, 0.3) is 5.57 Å². The molecule has 0 amide bonds. The van der Waals surface area contributed by atoms with Crippen LogP contribution in [0.4, 0.5) is 0 Å². The molecule has 0 heterocycles. The molecule has 0 aliphatic heterocycles. The quantitative estimate of drug-likeness (QED) is 0.806. The topological polar surface area (TPSA) is 26.0 Å². The molecule has 2 aromatic carbocycles. The lowest BCUT2D eigenvalue weighted by molar-refractivity contribution is 0.955. The van der Waals surface area contributed by atoms with E-state index < -0.39 is 0 Å². The van der Waals surface area contributed by atoms with Crippen LogP contribution in [0.3, 0.4) is 0 Å². The molecule has 1 aliphatic carbocycles. The maximum absolute atomic E-state index is 5.72. The van der Waals surface area contributed by atoms with Crippen molar-refractivity contribution in [3.05, 3.63) is 76.9 Å². The minimum atomic E-state index is 0.604. The smallest absolute Gasteiger partial charge is 0.0178 e. The summed E-state index contributed by atoms with van der Waals surface area (Å²) in [5, 5.41) is 0. The van der Waals surface area contributed by atoms with Gasteiger partial charge in [-0.3, -0.25) is 0 Å². The summed E-state index contributed by atoms with van der Waals surface area (Å²) < 4.78 is 0. The van der Waals surface area contributed by atoms with Gasteiger partial charge in [0.2, 0.25) is 0 Å². The molecule has 3 rings (SSSR count). The van der Waals surface area contributed by atoms with E-state index in [1.54, 1.807) is 0 Å². The van der Waals surface area contributed by atoms with E-state index in [9.17, 15) is 0 Å². The van der Waals surface area contributed by atoms with Gasteiger partial charge in [0.15, 0.2) is 0 Å². The summed E-state index contributed by atoms with van der Waals surface area (Å²) in [6.45, 7) is 4.88.